The summed E-state index contributed by atoms with van der Waals surface area (Å²) >= 11 is 5.93. The Morgan fingerprint density at radius 1 is 1.30 bits per heavy atom. The Morgan fingerprint density at radius 3 is 2.65 bits per heavy atom. The number of methoxy groups -OCH3 is 1. The van der Waals surface area contributed by atoms with Gasteiger partial charge in [-0.2, -0.15) is 0 Å². The van der Waals surface area contributed by atoms with Crippen LogP contribution >= 0.6 is 11.6 Å². The molecule has 0 saturated carbocycles. The second kappa shape index (κ2) is 6.98. The van der Waals surface area contributed by atoms with Crippen molar-refractivity contribution < 1.29 is 4.74 Å². The molecule has 0 unspecified atom stereocenters. The predicted molar refractivity (Wildman–Crippen MR) is 84.8 cm³/mol. The van der Waals surface area contributed by atoms with Gasteiger partial charge in [0.15, 0.2) is 0 Å². The lowest BCUT2D eigenvalue weighted by Gasteiger charge is -2.16. The molecular formula is C16H23ClN2O. The van der Waals surface area contributed by atoms with Gasteiger partial charge < -0.3 is 9.30 Å². The standard InChI is InChI=1S/C16H23ClN2O/c1-4-12(5-2)11-19-13-7-6-8-14(20-3)16(13)18-15(19)9-10-17/h6-8,12H,4-5,9-11H2,1-3H3. The zero-order valence-electron chi connectivity index (χ0n) is 12.5. The molecule has 20 heavy (non-hydrogen) atoms. The lowest BCUT2D eigenvalue weighted by Crippen LogP contribution is -2.12. The van der Waals surface area contributed by atoms with Crippen molar-refractivity contribution in [2.45, 2.75) is 39.7 Å². The van der Waals surface area contributed by atoms with Gasteiger partial charge in [-0.1, -0.05) is 32.8 Å². The molecule has 0 amide bonds. The number of aryl methyl sites for hydroxylation is 1. The number of fused-ring (bicyclic) bond motifs is 1. The van der Waals surface area contributed by atoms with Crippen LogP contribution in [0.25, 0.3) is 11.0 Å². The smallest absolute Gasteiger partial charge is 0.146 e. The Morgan fingerprint density at radius 2 is 2.05 bits per heavy atom. The summed E-state index contributed by atoms with van der Waals surface area (Å²) in [5, 5.41) is 0. The van der Waals surface area contributed by atoms with Crippen LogP contribution in [0.15, 0.2) is 18.2 Å². The normalized spacial score (nSPS) is 11.4. The van der Waals surface area contributed by atoms with Gasteiger partial charge in [-0.3, -0.25) is 0 Å². The van der Waals surface area contributed by atoms with Crippen molar-refractivity contribution in [2.24, 2.45) is 5.92 Å². The SMILES string of the molecule is CCC(CC)Cn1c(CCCl)nc2c(OC)cccc21. The summed E-state index contributed by atoms with van der Waals surface area (Å²) in [6, 6.07) is 6.10. The molecule has 0 spiro atoms. The van der Waals surface area contributed by atoms with Crippen LogP contribution in [0.1, 0.15) is 32.5 Å². The van der Waals surface area contributed by atoms with Crippen LogP contribution < -0.4 is 4.74 Å². The van der Waals surface area contributed by atoms with Crippen LogP contribution in [-0.2, 0) is 13.0 Å². The number of para-hydroxylation sites is 1. The molecule has 3 nitrogen and oxygen atoms in total. The largest absolute Gasteiger partial charge is 0.494 e. The van der Waals surface area contributed by atoms with E-state index in [0.717, 1.165) is 35.6 Å². The van der Waals surface area contributed by atoms with E-state index in [4.69, 9.17) is 21.3 Å². The fourth-order valence-electron chi connectivity index (χ4n) is 2.62. The molecule has 0 saturated heterocycles. The predicted octanol–water partition coefficient (Wildman–Crippen LogP) is 4.26. The van der Waals surface area contributed by atoms with Crippen LogP contribution in [0, 0.1) is 5.92 Å². The van der Waals surface area contributed by atoms with E-state index in [1.54, 1.807) is 7.11 Å². The molecule has 0 radical (unpaired) electrons. The first kappa shape index (κ1) is 15.2. The topological polar surface area (TPSA) is 27.1 Å². The molecule has 0 aliphatic carbocycles. The maximum absolute atomic E-state index is 5.93. The van der Waals surface area contributed by atoms with Gasteiger partial charge in [-0.25, -0.2) is 4.98 Å². The van der Waals surface area contributed by atoms with Gasteiger partial charge in [-0.15, -0.1) is 11.6 Å². The zero-order chi connectivity index (χ0) is 14.5. The Hall–Kier alpha value is -1.22. The summed E-state index contributed by atoms with van der Waals surface area (Å²) in [6.45, 7) is 5.49. The first-order valence-electron chi connectivity index (χ1n) is 7.33. The average molecular weight is 295 g/mol. The molecule has 4 heteroatoms. The van der Waals surface area contributed by atoms with Gasteiger partial charge in [-0.05, 0) is 18.1 Å². The van der Waals surface area contributed by atoms with Crippen LogP contribution in [0.2, 0.25) is 0 Å². The number of nitrogens with zero attached hydrogens (tertiary/aromatic N) is 2. The van der Waals surface area contributed by atoms with Gasteiger partial charge in [0.2, 0.25) is 0 Å². The summed E-state index contributed by atoms with van der Waals surface area (Å²) in [5.41, 5.74) is 2.09. The Kier molecular flexibility index (Phi) is 5.30. The number of hydrogen-bond donors (Lipinski definition) is 0. The highest BCUT2D eigenvalue weighted by atomic mass is 35.5. The fourth-order valence-corrected chi connectivity index (χ4v) is 2.79. The quantitative estimate of drug-likeness (QED) is 0.713. The summed E-state index contributed by atoms with van der Waals surface area (Å²) in [4.78, 5) is 4.75. The third-order valence-corrected chi connectivity index (χ3v) is 4.14. The Balaban J connectivity index is 2.51. The molecular weight excluding hydrogens is 272 g/mol. The van der Waals surface area contributed by atoms with Gasteiger partial charge in [0.25, 0.3) is 0 Å². The van der Waals surface area contributed by atoms with Gasteiger partial charge in [0, 0.05) is 18.8 Å². The van der Waals surface area contributed by atoms with Crippen molar-refractivity contribution in [2.75, 3.05) is 13.0 Å². The average Bonchev–Trinajstić information content (AvgIpc) is 2.82. The molecule has 0 atom stereocenters. The molecule has 0 fully saturated rings. The van der Waals surface area contributed by atoms with Crippen molar-refractivity contribution in [1.82, 2.24) is 9.55 Å². The zero-order valence-corrected chi connectivity index (χ0v) is 13.3. The minimum atomic E-state index is 0.592. The second-order valence-electron chi connectivity index (χ2n) is 5.09. The minimum Gasteiger partial charge on any atom is -0.494 e. The molecule has 1 heterocycles. The van der Waals surface area contributed by atoms with E-state index >= 15 is 0 Å². The number of benzene rings is 1. The van der Waals surface area contributed by atoms with E-state index in [9.17, 15) is 0 Å². The van der Waals surface area contributed by atoms with Crippen molar-refractivity contribution in [3.63, 3.8) is 0 Å². The maximum Gasteiger partial charge on any atom is 0.146 e. The Labute approximate surface area is 125 Å². The number of halogens is 1. The fraction of sp³-hybridized carbons (Fsp3) is 0.562. The van der Waals surface area contributed by atoms with Crippen LogP contribution in [0.3, 0.4) is 0 Å². The number of imidazole rings is 1. The van der Waals surface area contributed by atoms with E-state index in [1.807, 2.05) is 12.1 Å². The second-order valence-corrected chi connectivity index (χ2v) is 5.47. The van der Waals surface area contributed by atoms with Crippen LogP contribution in [0.5, 0.6) is 5.75 Å². The Bertz CT molecular complexity index is 561. The lowest BCUT2D eigenvalue weighted by molar-refractivity contribution is 0.417. The number of rotatable bonds is 7. The first-order valence-corrected chi connectivity index (χ1v) is 7.86. The molecule has 110 valence electrons. The number of ether oxygens (including phenoxy) is 1. The third kappa shape index (κ3) is 2.93. The summed E-state index contributed by atoms with van der Waals surface area (Å²) in [6.07, 6.45) is 3.15. The molecule has 0 aliphatic rings. The maximum atomic E-state index is 5.93. The van der Waals surface area contributed by atoms with Gasteiger partial charge in [0.05, 0.1) is 12.6 Å². The molecule has 0 aliphatic heterocycles. The summed E-state index contributed by atoms with van der Waals surface area (Å²) < 4.78 is 7.74. The molecule has 0 bridgehead atoms. The number of hydrogen-bond acceptors (Lipinski definition) is 2. The van der Waals surface area contributed by atoms with E-state index in [1.165, 1.54) is 12.8 Å². The van der Waals surface area contributed by atoms with E-state index in [2.05, 4.69) is 24.5 Å². The molecule has 0 N–H and O–H groups in total. The summed E-state index contributed by atoms with van der Waals surface area (Å²) in [7, 11) is 1.69. The summed E-state index contributed by atoms with van der Waals surface area (Å²) in [5.74, 6) is 3.16. The lowest BCUT2D eigenvalue weighted by atomic mass is 10.0. The van der Waals surface area contributed by atoms with Gasteiger partial charge in [0.1, 0.15) is 17.1 Å². The van der Waals surface area contributed by atoms with Crippen molar-refractivity contribution in [1.29, 1.82) is 0 Å². The van der Waals surface area contributed by atoms with Gasteiger partial charge >= 0.3 is 0 Å². The number of aromatic nitrogens is 2. The third-order valence-electron chi connectivity index (χ3n) is 3.95. The highest BCUT2D eigenvalue weighted by molar-refractivity contribution is 6.17. The molecule has 2 rings (SSSR count). The minimum absolute atomic E-state index is 0.592. The molecule has 2 aromatic rings. The molecule has 1 aromatic carbocycles. The highest BCUT2D eigenvalue weighted by Gasteiger charge is 2.16. The van der Waals surface area contributed by atoms with Crippen molar-refractivity contribution >= 4 is 22.6 Å². The van der Waals surface area contributed by atoms with Crippen LogP contribution in [0.4, 0.5) is 0 Å². The van der Waals surface area contributed by atoms with E-state index in [-0.39, 0.29) is 0 Å². The molecule has 1 aromatic heterocycles. The first-order chi connectivity index (χ1) is 9.74. The van der Waals surface area contributed by atoms with E-state index in [0.29, 0.717) is 11.8 Å². The number of alkyl halides is 1. The van der Waals surface area contributed by atoms with E-state index < -0.39 is 0 Å². The van der Waals surface area contributed by atoms with Crippen molar-refractivity contribution in [3.8, 4) is 5.75 Å². The highest BCUT2D eigenvalue weighted by Crippen LogP contribution is 2.27. The van der Waals surface area contributed by atoms with Crippen molar-refractivity contribution in [3.05, 3.63) is 24.0 Å². The monoisotopic (exact) mass is 294 g/mol. The van der Waals surface area contributed by atoms with Crippen LogP contribution in [-0.4, -0.2) is 22.5 Å².